The van der Waals surface area contributed by atoms with Crippen LogP contribution in [-0.2, 0) is 10.0 Å². The number of carbonyl (C=O) groups is 2. The lowest BCUT2D eigenvalue weighted by atomic mass is 10.1. The van der Waals surface area contributed by atoms with Crippen molar-refractivity contribution >= 4 is 39.1 Å². The van der Waals surface area contributed by atoms with Crippen molar-refractivity contribution in [2.24, 2.45) is 0 Å². The van der Waals surface area contributed by atoms with E-state index >= 15 is 0 Å². The smallest absolute Gasteiger partial charge is 0.291 e. The molecule has 0 radical (unpaired) electrons. The fourth-order valence-corrected chi connectivity index (χ4v) is 4.15. The van der Waals surface area contributed by atoms with Crippen LogP contribution >= 0.6 is 0 Å². The summed E-state index contributed by atoms with van der Waals surface area (Å²) in [6, 6.07) is 13.7. The van der Waals surface area contributed by atoms with E-state index in [0.717, 1.165) is 5.56 Å². The Kier molecular flexibility index (Phi) is 6.43. The molecule has 0 spiro atoms. The lowest BCUT2D eigenvalue weighted by Gasteiger charge is -2.11. The van der Waals surface area contributed by atoms with Gasteiger partial charge < -0.3 is 19.6 Å². The normalized spacial score (nSPS) is 11.2. The monoisotopic (exact) mass is 494 g/mol. The number of furan rings is 1. The summed E-state index contributed by atoms with van der Waals surface area (Å²) in [5.74, 6) is -0.664. The number of aromatic nitrogens is 1. The van der Waals surface area contributed by atoms with Gasteiger partial charge in [-0.1, -0.05) is 11.2 Å². The first-order valence-electron chi connectivity index (χ1n) is 10.5. The zero-order valence-electron chi connectivity index (χ0n) is 19.1. The molecule has 11 heteroatoms. The van der Waals surface area contributed by atoms with Gasteiger partial charge in [-0.3, -0.25) is 9.59 Å². The van der Waals surface area contributed by atoms with Crippen LogP contribution in [0.5, 0.6) is 0 Å². The minimum Gasteiger partial charge on any atom is -0.459 e. The highest BCUT2D eigenvalue weighted by atomic mass is 32.2. The minimum absolute atomic E-state index is 0.0118. The van der Waals surface area contributed by atoms with Gasteiger partial charge in [0.05, 0.1) is 16.9 Å². The number of nitrogens with zero attached hydrogens (tertiary/aromatic N) is 1. The predicted octanol–water partition coefficient (Wildman–Crippen LogP) is 4.50. The van der Waals surface area contributed by atoms with Crippen molar-refractivity contribution in [1.82, 2.24) is 5.16 Å². The molecule has 0 aliphatic heterocycles. The van der Waals surface area contributed by atoms with Crippen molar-refractivity contribution in [3.05, 3.63) is 89.0 Å². The number of rotatable bonds is 7. The van der Waals surface area contributed by atoms with E-state index in [1.165, 1.54) is 36.6 Å². The van der Waals surface area contributed by atoms with Crippen LogP contribution in [0.15, 0.2) is 74.7 Å². The van der Waals surface area contributed by atoms with Gasteiger partial charge in [0.15, 0.2) is 5.76 Å². The highest BCUT2D eigenvalue weighted by molar-refractivity contribution is 7.92. The Bertz CT molecular complexity index is 1490. The Morgan fingerprint density at radius 2 is 1.66 bits per heavy atom. The van der Waals surface area contributed by atoms with E-state index < -0.39 is 21.8 Å². The van der Waals surface area contributed by atoms with Gasteiger partial charge in [0.2, 0.25) is 5.88 Å². The van der Waals surface area contributed by atoms with E-state index in [4.69, 9.17) is 8.94 Å². The van der Waals surface area contributed by atoms with Gasteiger partial charge in [-0.05, 0) is 74.9 Å². The van der Waals surface area contributed by atoms with Gasteiger partial charge in [0.25, 0.3) is 21.8 Å². The molecule has 4 aromatic rings. The second-order valence-corrected chi connectivity index (χ2v) is 9.45. The first-order chi connectivity index (χ1) is 16.6. The third-order valence-electron chi connectivity index (χ3n) is 5.30. The topological polar surface area (TPSA) is 144 Å². The summed E-state index contributed by atoms with van der Waals surface area (Å²) in [7, 11) is -3.90. The van der Waals surface area contributed by atoms with Crippen molar-refractivity contribution in [2.75, 3.05) is 15.4 Å². The molecule has 2 amide bonds. The third kappa shape index (κ3) is 5.25. The Hall–Kier alpha value is -4.38. The zero-order chi connectivity index (χ0) is 25.2. The van der Waals surface area contributed by atoms with Crippen LogP contribution in [0.3, 0.4) is 0 Å². The van der Waals surface area contributed by atoms with Crippen LogP contribution in [0.1, 0.15) is 37.7 Å². The van der Waals surface area contributed by atoms with E-state index in [1.54, 1.807) is 45.0 Å². The van der Waals surface area contributed by atoms with Gasteiger partial charge in [-0.25, -0.2) is 13.1 Å². The van der Waals surface area contributed by atoms with Gasteiger partial charge in [-0.15, -0.1) is 0 Å². The van der Waals surface area contributed by atoms with Crippen LogP contribution in [0.4, 0.5) is 17.3 Å². The molecule has 2 heterocycles. The van der Waals surface area contributed by atoms with Crippen LogP contribution in [0, 0.1) is 20.8 Å². The van der Waals surface area contributed by atoms with Crippen LogP contribution in [0.2, 0.25) is 0 Å². The maximum absolute atomic E-state index is 12.8. The highest BCUT2D eigenvalue weighted by Gasteiger charge is 2.19. The van der Waals surface area contributed by atoms with Crippen LogP contribution in [0.25, 0.3) is 0 Å². The van der Waals surface area contributed by atoms with Crippen molar-refractivity contribution in [3.63, 3.8) is 0 Å². The quantitative estimate of drug-likeness (QED) is 0.343. The summed E-state index contributed by atoms with van der Waals surface area (Å²) in [5, 5.41) is 9.17. The van der Waals surface area contributed by atoms with E-state index in [1.807, 2.05) is 0 Å². The second kappa shape index (κ2) is 9.47. The molecule has 0 fully saturated rings. The first kappa shape index (κ1) is 23.8. The Morgan fingerprint density at radius 3 is 2.29 bits per heavy atom. The van der Waals surface area contributed by atoms with Gasteiger partial charge in [0.1, 0.15) is 0 Å². The number of hydrogen-bond acceptors (Lipinski definition) is 7. The summed E-state index contributed by atoms with van der Waals surface area (Å²) in [5.41, 5.74) is 3.10. The SMILES string of the molecule is Cc1ccc(C(=O)Nc2ccc(S(=O)(=O)Nc3onc(C)c3C)cc2)cc1NC(=O)c1ccco1. The fraction of sp³-hybridized carbons (Fsp3) is 0.125. The predicted molar refractivity (Wildman–Crippen MR) is 129 cm³/mol. The number of hydrogen-bond donors (Lipinski definition) is 3. The maximum atomic E-state index is 12.8. The molecule has 180 valence electrons. The van der Waals surface area contributed by atoms with Crippen LogP contribution < -0.4 is 15.4 Å². The maximum Gasteiger partial charge on any atom is 0.291 e. The van der Waals surface area contributed by atoms with Crippen molar-refractivity contribution in [3.8, 4) is 0 Å². The Balaban J connectivity index is 1.45. The first-order valence-corrected chi connectivity index (χ1v) is 11.9. The molecule has 0 saturated heterocycles. The highest BCUT2D eigenvalue weighted by Crippen LogP contribution is 2.23. The van der Waals surface area contributed by atoms with Crippen molar-refractivity contribution in [1.29, 1.82) is 0 Å². The lowest BCUT2D eigenvalue weighted by Crippen LogP contribution is -2.16. The second-order valence-electron chi connectivity index (χ2n) is 7.77. The lowest BCUT2D eigenvalue weighted by molar-refractivity contribution is 0.0993. The fourth-order valence-electron chi connectivity index (χ4n) is 3.10. The number of nitrogens with one attached hydrogen (secondary N) is 3. The van der Waals surface area contributed by atoms with E-state index in [0.29, 0.717) is 28.2 Å². The Morgan fingerprint density at radius 1 is 0.914 bits per heavy atom. The van der Waals surface area contributed by atoms with E-state index in [9.17, 15) is 18.0 Å². The molecule has 10 nitrogen and oxygen atoms in total. The molecule has 35 heavy (non-hydrogen) atoms. The number of aryl methyl sites for hydroxylation is 2. The molecule has 0 aliphatic rings. The minimum atomic E-state index is -3.90. The van der Waals surface area contributed by atoms with Gasteiger partial charge in [-0.2, -0.15) is 0 Å². The van der Waals surface area contributed by atoms with Crippen molar-refractivity contribution < 1.29 is 26.9 Å². The number of sulfonamides is 1. The molecule has 3 N–H and O–H groups in total. The van der Waals surface area contributed by atoms with Crippen molar-refractivity contribution in [2.45, 2.75) is 25.7 Å². The number of carbonyl (C=O) groups excluding carboxylic acids is 2. The Labute approximate surface area is 201 Å². The molecule has 0 saturated carbocycles. The summed E-state index contributed by atoms with van der Waals surface area (Å²) < 4.78 is 37.7. The molecule has 2 aromatic carbocycles. The van der Waals surface area contributed by atoms with Gasteiger partial charge >= 0.3 is 0 Å². The largest absolute Gasteiger partial charge is 0.459 e. The summed E-state index contributed by atoms with van der Waals surface area (Å²) in [6.07, 6.45) is 1.40. The standard InChI is InChI=1S/C24H22N4O6S/c1-14-6-7-17(13-20(14)26-23(30)21-5-4-12-33-21)22(29)25-18-8-10-19(11-9-18)35(31,32)28-24-15(2)16(3)27-34-24/h4-13,28H,1-3H3,(H,25,29)(H,26,30). The molecule has 0 unspecified atom stereocenters. The van der Waals surface area contributed by atoms with Crippen LogP contribution in [-0.4, -0.2) is 25.4 Å². The molecule has 0 atom stereocenters. The third-order valence-corrected chi connectivity index (χ3v) is 6.65. The summed E-state index contributed by atoms with van der Waals surface area (Å²) >= 11 is 0. The number of benzene rings is 2. The number of amides is 2. The van der Waals surface area contributed by atoms with E-state index in [2.05, 4.69) is 20.5 Å². The molecule has 0 bridgehead atoms. The molecule has 2 aromatic heterocycles. The molecular weight excluding hydrogens is 472 g/mol. The summed E-state index contributed by atoms with van der Waals surface area (Å²) in [4.78, 5) is 25.0. The average Bonchev–Trinajstić information content (AvgIpc) is 3.47. The molecule has 0 aliphatic carbocycles. The average molecular weight is 495 g/mol. The molecule has 4 rings (SSSR count). The summed E-state index contributed by atoms with van der Waals surface area (Å²) in [6.45, 7) is 5.20. The van der Waals surface area contributed by atoms with Gasteiger partial charge in [0, 0.05) is 22.5 Å². The molecular formula is C24H22N4O6S. The zero-order valence-corrected chi connectivity index (χ0v) is 19.9. The van der Waals surface area contributed by atoms with E-state index in [-0.39, 0.29) is 16.5 Å². The number of anilines is 3.